The van der Waals surface area contributed by atoms with Crippen LogP contribution in [0.4, 0.5) is 5.69 Å². The van der Waals surface area contributed by atoms with Crippen molar-refractivity contribution in [3.63, 3.8) is 0 Å². The van der Waals surface area contributed by atoms with Gasteiger partial charge in [-0.2, -0.15) is 0 Å². The summed E-state index contributed by atoms with van der Waals surface area (Å²) >= 11 is 0. The zero-order valence-corrected chi connectivity index (χ0v) is 15.1. The largest absolute Gasteiger partial charge is 0.497 e. The number of rotatable bonds is 8. The average Bonchev–Trinajstić information content (AvgIpc) is 2.67. The summed E-state index contributed by atoms with van der Waals surface area (Å²) < 4.78 is 15.9. The lowest BCUT2D eigenvalue weighted by molar-refractivity contribution is -0.160. The van der Waals surface area contributed by atoms with E-state index >= 15 is 0 Å². The molecule has 2 aromatic rings. The maximum atomic E-state index is 12.3. The van der Waals surface area contributed by atoms with E-state index in [4.69, 9.17) is 14.2 Å². The molecule has 0 saturated carbocycles. The normalized spacial score (nSPS) is 12.6. The van der Waals surface area contributed by atoms with Crippen molar-refractivity contribution in [1.82, 2.24) is 0 Å². The first kappa shape index (κ1) is 19.3. The first-order valence-corrected chi connectivity index (χ1v) is 8.40. The summed E-state index contributed by atoms with van der Waals surface area (Å²) in [6.45, 7) is 3.34. The molecule has 6 heteroatoms. The number of anilines is 1. The average molecular weight is 357 g/mol. The molecule has 2 atom stereocenters. The molecule has 0 aliphatic heterocycles. The van der Waals surface area contributed by atoms with Gasteiger partial charge in [-0.25, -0.2) is 4.79 Å². The molecule has 0 spiro atoms. The molecule has 0 bridgehead atoms. The van der Waals surface area contributed by atoms with E-state index in [2.05, 4.69) is 5.32 Å². The third kappa shape index (κ3) is 5.51. The molecule has 26 heavy (non-hydrogen) atoms. The fourth-order valence-electron chi connectivity index (χ4n) is 2.18. The minimum absolute atomic E-state index is 0.418. The minimum Gasteiger partial charge on any atom is -0.497 e. The highest BCUT2D eigenvalue weighted by Crippen LogP contribution is 2.16. The summed E-state index contributed by atoms with van der Waals surface area (Å²) in [5.74, 6) is 0.268. The third-order valence-electron chi connectivity index (χ3n) is 3.67. The van der Waals surface area contributed by atoms with Crippen molar-refractivity contribution in [3.8, 4) is 11.5 Å². The Morgan fingerprint density at radius 2 is 1.65 bits per heavy atom. The SMILES string of the molecule is CC[C@@H](Oc1ccccc1)C(=O)O[C@@H](C)C(=O)Nc1ccc(OC)cc1. The zero-order valence-electron chi connectivity index (χ0n) is 15.1. The van der Waals surface area contributed by atoms with Crippen LogP contribution in [0.2, 0.25) is 0 Å². The molecule has 138 valence electrons. The van der Waals surface area contributed by atoms with E-state index in [1.165, 1.54) is 6.92 Å². The molecule has 0 aliphatic rings. The first-order valence-electron chi connectivity index (χ1n) is 8.40. The van der Waals surface area contributed by atoms with Crippen LogP contribution in [0, 0.1) is 0 Å². The van der Waals surface area contributed by atoms with Crippen molar-refractivity contribution in [2.75, 3.05) is 12.4 Å². The Morgan fingerprint density at radius 3 is 2.23 bits per heavy atom. The molecule has 0 unspecified atom stereocenters. The van der Waals surface area contributed by atoms with E-state index in [1.807, 2.05) is 25.1 Å². The van der Waals surface area contributed by atoms with Crippen LogP contribution >= 0.6 is 0 Å². The zero-order chi connectivity index (χ0) is 18.9. The second-order valence-corrected chi connectivity index (χ2v) is 5.62. The molecule has 0 heterocycles. The minimum atomic E-state index is -0.946. The summed E-state index contributed by atoms with van der Waals surface area (Å²) in [5, 5.41) is 2.69. The van der Waals surface area contributed by atoms with E-state index in [-0.39, 0.29) is 0 Å². The van der Waals surface area contributed by atoms with Gasteiger partial charge in [0.25, 0.3) is 5.91 Å². The molecule has 1 N–H and O–H groups in total. The molecule has 0 fully saturated rings. The van der Waals surface area contributed by atoms with E-state index in [1.54, 1.807) is 43.5 Å². The molecule has 6 nitrogen and oxygen atoms in total. The van der Waals surface area contributed by atoms with E-state index in [0.29, 0.717) is 23.6 Å². The standard InChI is InChI=1S/C20H23NO5/c1-4-18(26-17-8-6-5-7-9-17)20(23)25-14(2)19(22)21-15-10-12-16(24-3)13-11-15/h5-14,18H,4H2,1-3H3,(H,21,22)/t14-,18+/m0/s1. The van der Waals surface area contributed by atoms with Gasteiger partial charge in [0, 0.05) is 5.69 Å². The van der Waals surface area contributed by atoms with Gasteiger partial charge in [-0.3, -0.25) is 4.79 Å². The molecular weight excluding hydrogens is 334 g/mol. The highest BCUT2D eigenvalue weighted by molar-refractivity contribution is 5.95. The Balaban J connectivity index is 1.90. The maximum absolute atomic E-state index is 12.3. The fourth-order valence-corrected chi connectivity index (χ4v) is 2.18. The summed E-state index contributed by atoms with van der Waals surface area (Å²) in [6.07, 6.45) is -1.28. The van der Waals surface area contributed by atoms with E-state index in [9.17, 15) is 9.59 Å². The fraction of sp³-hybridized carbons (Fsp3) is 0.300. The van der Waals surface area contributed by atoms with Crippen molar-refractivity contribution in [2.45, 2.75) is 32.5 Å². The van der Waals surface area contributed by atoms with Crippen molar-refractivity contribution < 1.29 is 23.8 Å². The van der Waals surface area contributed by atoms with E-state index < -0.39 is 24.1 Å². The quantitative estimate of drug-likeness (QED) is 0.733. The number of esters is 1. The molecule has 0 aromatic heterocycles. The number of carbonyl (C=O) groups is 2. The lowest BCUT2D eigenvalue weighted by Gasteiger charge is -2.19. The summed E-state index contributed by atoms with van der Waals surface area (Å²) in [6, 6.07) is 15.9. The van der Waals surface area contributed by atoms with Gasteiger partial charge in [-0.1, -0.05) is 25.1 Å². The summed E-state index contributed by atoms with van der Waals surface area (Å²) in [5.41, 5.74) is 0.589. The van der Waals surface area contributed by atoms with Gasteiger partial charge < -0.3 is 19.5 Å². The lowest BCUT2D eigenvalue weighted by atomic mass is 10.2. The number of hydrogen-bond donors (Lipinski definition) is 1. The van der Waals surface area contributed by atoms with Gasteiger partial charge in [0.1, 0.15) is 11.5 Å². The van der Waals surface area contributed by atoms with Gasteiger partial charge in [0.15, 0.2) is 12.2 Å². The molecule has 1 amide bonds. The smallest absolute Gasteiger partial charge is 0.348 e. The van der Waals surface area contributed by atoms with Crippen LogP contribution in [0.3, 0.4) is 0 Å². The van der Waals surface area contributed by atoms with Gasteiger partial charge in [-0.05, 0) is 49.7 Å². The van der Waals surface area contributed by atoms with Crippen LogP contribution in [0.25, 0.3) is 0 Å². The van der Waals surface area contributed by atoms with Crippen molar-refractivity contribution in [2.24, 2.45) is 0 Å². The third-order valence-corrected chi connectivity index (χ3v) is 3.67. The van der Waals surface area contributed by atoms with Crippen LogP contribution in [0.5, 0.6) is 11.5 Å². The first-order chi connectivity index (χ1) is 12.5. The maximum Gasteiger partial charge on any atom is 0.348 e. The van der Waals surface area contributed by atoms with Crippen molar-refractivity contribution >= 4 is 17.6 Å². The van der Waals surface area contributed by atoms with Crippen LogP contribution in [0.15, 0.2) is 54.6 Å². The number of benzene rings is 2. The Bertz CT molecular complexity index is 715. The second-order valence-electron chi connectivity index (χ2n) is 5.62. The highest BCUT2D eigenvalue weighted by atomic mass is 16.6. The van der Waals surface area contributed by atoms with Crippen LogP contribution in [0.1, 0.15) is 20.3 Å². The number of para-hydroxylation sites is 1. The van der Waals surface area contributed by atoms with Gasteiger partial charge >= 0.3 is 5.97 Å². The van der Waals surface area contributed by atoms with Gasteiger partial charge in [0.05, 0.1) is 7.11 Å². The van der Waals surface area contributed by atoms with Crippen molar-refractivity contribution in [1.29, 1.82) is 0 Å². The molecule has 2 rings (SSSR count). The number of hydrogen-bond acceptors (Lipinski definition) is 5. The summed E-state index contributed by atoms with van der Waals surface area (Å²) in [7, 11) is 1.57. The Labute approximate surface area is 153 Å². The lowest BCUT2D eigenvalue weighted by Crippen LogP contribution is -2.36. The predicted molar refractivity (Wildman–Crippen MR) is 98.3 cm³/mol. The number of ether oxygens (including phenoxy) is 3. The molecule has 0 radical (unpaired) electrons. The Hall–Kier alpha value is -3.02. The van der Waals surface area contributed by atoms with Crippen LogP contribution in [-0.4, -0.2) is 31.2 Å². The molecule has 2 aromatic carbocycles. The number of nitrogens with one attached hydrogen (secondary N) is 1. The highest BCUT2D eigenvalue weighted by Gasteiger charge is 2.25. The van der Waals surface area contributed by atoms with E-state index in [0.717, 1.165) is 0 Å². The van der Waals surface area contributed by atoms with Gasteiger partial charge in [-0.15, -0.1) is 0 Å². The Kier molecular flexibility index (Phi) is 7.02. The molecule has 0 saturated heterocycles. The van der Waals surface area contributed by atoms with Crippen molar-refractivity contribution in [3.05, 3.63) is 54.6 Å². The number of methoxy groups -OCH3 is 1. The van der Waals surface area contributed by atoms with Gasteiger partial charge in [0.2, 0.25) is 0 Å². The number of carbonyl (C=O) groups excluding carboxylic acids is 2. The predicted octanol–water partition coefficient (Wildman–Crippen LogP) is 3.42. The van der Waals surface area contributed by atoms with Crippen LogP contribution in [-0.2, 0) is 14.3 Å². The monoisotopic (exact) mass is 357 g/mol. The second kappa shape index (κ2) is 9.46. The summed E-state index contributed by atoms with van der Waals surface area (Å²) in [4.78, 5) is 24.5. The topological polar surface area (TPSA) is 73.9 Å². The Morgan fingerprint density at radius 1 is 1.00 bits per heavy atom. The molecule has 0 aliphatic carbocycles. The van der Waals surface area contributed by atoms with Crippen LogP contribution < -0.4 is 14.8 Å². The number of amides is 1. The molecular formula is C20H23NO5.